The lowest BCUT2D eigenvalue weighted by Gasteiger charge is -2.23. The van der Waals surface area contributed by atoms with Gasteiger partial charge in [0.1, 0.15) is 11.6 Å². The van der Waals surface area contributed by atoms with Crippen LogP contribution in [0, 0.1) is 5.82 Å². The Kier molecular flexibility index (Phi) is 4.09. The molecule has 1 aliphatic rings. The van der Waals surface area contributed by atoms with Crippen molar-refractivity contribution >= 4 is 5.91 Å². The van der Waals surface area contributed by atoms with Crippen LogP contribution in [0.3, 0.4) is 0 Å². The minimum absolute atomic E-state index is 0.00859. The number of benzene rings is 2. The Morgan fingerprint density at radius 2 is 1.95 bits per heavy atom. The third kappa shape index (κ3) is 3.27. The van der Waals surface area contributed by atoms with E-state index in [4.69, 9.17) is 4.74 Å². The summed E-state index contributed by atoms with van der Waals surface area (Å²) in [6, 6.07) is 13.8. The number of amides is 1. The first-order chi connectivity index (χ1) is 10.7. The molecule has 1 fully saturated rings. The first-order valence-corrected chi connectivity index (χ1v) is 7.37. The summed E-state index contributed by atoms with van der Waals surface area (Å²) in [5.74, 6) is 0.398. The predicted octanol–water partition coefficient (Wildman–Crippen LogP) is 3.64. The van der Waals surface area contributed by atoms with Crippen LogP contribution in [0.15, 0.2) is 48.5 Å². The third-order valence-corrected chi connectivity index (χ3v) is 3.83. The molecule has 0 aliphatic heterocycles. The molecule has 2 aromatic rings. The normalized spacial score (nSPS) is 13.7. The zero-order chi connectivity index (χ0) is 15.5. The van der Waals surface area contributed by atoms with E-state index in [2.05, 4.69) is 0 Å². The second kappa shape index (κ2) is 6.18. The Hall–Kier alpha value is -2.36. The van der Waals surface area contributed by atoms with Crippen molar-refractivity contribution in [2.75, 3.05) is 7.11 Å². The van der Waals surface area contributed by atoms with Crippen LogP contribution in [0.1, 0.15) is 28.8 Å². The van der Waals surface area contributed by atoms with Crippen molar-refractivity contribution in [2.45, 2.75) is 25.4 Å². The van der Waals surface area contributed by atoms with Crippen molar-refractivity contribution in [2.24, 2.45) is 0 Å². The summed E-state index contributed by atoms with van der Waals surface area (Å²) in [4.78, 5) is 14.6. The third-order valence-electron chi connectivity index (χ3n) is 3.83. The van der Waals surface area contributed by atoms with Crippen LogP contribution in [0.4, 0.5) is 4.39 Å². The topological polar surface area (TPSA) is 29.5 Å². The molecule has 1 aliphatic carbocycles. The molecule has 22 heavy (non-hydrogen) atoms. The number of hydrogen-bond acceptors (Lipinski definition) is 2. The Balaban J connectivity index is 1.81. The van der Waals surface area contributed by atoms with Crippen molar-refractivity contribution < 1.29 is 13.9 Å². The highest BCUT2D eigenvalue weighted by Gasteiger charge is 2.33. The molecule has 0 unspecified atom stereocenters. The van der Waals surface area contributed by atoms with E-state index in [-0.39, 0.29) is 17.8 Å². The van der Waals surface area contributed by atoms with Crippen LogP contribution in [-0.4, -0.2) is 24.0 Å². The quantitative estimate of drug-likeness (QED) is 0.843. The van der Waals surface area contributed by atoms with Crippen molar-refractivity contribution in [3.8, 4) is 5.75 Å². The average Bonchev–Trinajstić information content (AvgIpc) is 3.38. The lowest BCUT2D eigenvalue weighted by atomic mass is 10.1. The molecule has 2 aromatic carbocycles. The minimum atomic E-state index is -0.263. The fourth-order valence-corrected chi connectivity index (χ4v) is 2.46. The van der Waals surface area contributed by atoms with Crippen LogP contribution < -0.4 is 4.74 Å². The van der Waals surface area contributed by atoms with Crippen molar-refractivity contribution in [1.29, 1.82) is 0 Å². The predicted molar refractivity (Wildman–Crippen MR) is 82.3 cm³/mol. The number of nitrogens with zero attached hydrogens (tertiary/aromatic N) is 1. The molecule has 0 radical (unpaired) electrons. The van der Waals surface area contributed by atoms with Gasteiger partial charge in [0.25, 0.3) is 5.91 Å². The number of ether oxygens (including phenoxy) is 1. The maximum absolute atomic E-state index is 13.0. The van der Waals surface area contributed by atoms with E-state index in [9.17, 15) is 9.18 Å². The SMILES string of the molecule is COc1cccc(C(=O)N(Cc2ccc(F)cc2)C2CC2)c1. The number of hydrogen-bond donors (Lipinski definition) is 0. The molecule has 0 aromatic heterocycles. The monoisotopic (exact) mass is 299 g/mol. The van der Waals surface area contributed by atoms with E-state index in [1.807, 2.05) is 17.0 Å². The van der Waals surface area contributed by atoms with Gasteiger partial charge < -0.3 is 9.64 Å². The first kappa shape index (κ1) is 14.6. The molecular formula is C18H18FNO2. The molecule has 0 bridgehead atoms. The first-order valence-electron chi connectivity index (χ1n) is 7.37. The number of rotatable bonds is 5. The van der Waals surface area contributed by atoms with Gasteiger partial charge in [-0.05, 0) is 48.7 Å². The summed E-state index contributed by atoms with van der Waals surface area (Å²) in [6.07, 6.45) is 2.05. The molecule has 114 valence electrons. The molecule has 0 N–H and O–H groups in total. The van der Waals surface area contributed by atoms with Crippen LogP contribution in [0.5, 0.6) is 5.75 Å². The molecule has 4 heteroatoms. The van der Waals surface area contributed by atoms with Crippen LogP contribution in [-0.2, 0) is 6.54 Å². The number of halogens is 1. The number of methoxy groups -OCH3 is 1. The van der Waals surface area contributed by atoms with Gasteiger partial charge in [0, 0.05) is 18.2 Å². The fourth-order valence-electron chi connectivity index (χ4n) is 2.46. The summed E-state index contributed by atoms with van der Waals surface area (Å²) >= 11 is 0. The largest absolute Gasteiger partial charge is 0.497 e. The van der Waals surface area contributed by atoms with Gasteiger partial charge in [-0.3, -0.25) is 4.79 Å². The molecule has 1 saturated carbocycles. The average molecular weight is 299 g/mol. The summed E-state index contributed by atoms with van der Waals surface area (Å²) in [7, 11) is 1.58. The smallest absolute Gasteiger partial charge is 0.254 e. The maximum Gasteiger partial charge on any atom is 0.254 e. The van der Waals surface area contributed by atoms with Crippen molar-refractivity contribution in [1.82, 2.24) is 4.90 Å². The molecule has 1 amide bonds. The molecule has 0 spiro atoms. The highest BCUT2D eigenvalue weighted by atomic mass is 19.1. The Morgan fingerprint density at radius 1 is 1.23 bits per heavy atom. The lowest BCUT2D eigenvalue weighted by molar-refractivity contribution is 0.0729. The summed E-state index contributed by atoms with van der Waals surface area (Å²) < 4.78 is 18.2. The van der Waals surface area contributed by atoms with Crippen LogP contribution in [0.25, 0.3) is 0 Å². The zero-order valence-electron chi connectivity index (χ0n) is 12.5. The van der Waals surface area contributed by atoms with Gasteiger partial charge in [-0.15, -0.1) is 0 Å². The zero-order valence-corrected chi connectivity index (χ0v) is 12.5. The second-order valence-corrected chi connectivity index (χ2v) is 5.52. The van der Waals surface area contributed by atoms with Crippen molar-refractivity contribution in [3.63, 3.8) is 0 Å². The van der Waals surface area contributed by atoms with Crippen molar-refractivity contribution in [3.05, 3.63) is 65.5 Å². The van der Waals surface area contributed by atoms with Gasteiger partial charge >= 0.3 is 0 Å². The molecule has 0 heterocycles. The molecule has 3 rings (SSSR count). The van der Waals surface area contributed by atoms with Gasteiger partial charge in [0.2, 0.25) is 0 Å². The van der Waals surface area contributed by atoms with Crippen LogP contribution >= 0.6 is 0 Å². The van der Waals surface area contributed by atoms with Gasteiger partial charge in [-0.2, -0.15) is 0 Å². The van der Waals surface area contributed by atoms with E-state index < -0.39 is 0 Å². The maximum atomic E-state index is 13.0. The summed E-state index contributed by atoms with van der Waals surface area (Å²) in [5, 5.41) is 0. The summed E-state index contributed by atoms with van der Waals surface area (Å²) in [6.45, 7) is 0.501. The minimum Gasteiger partial charge on any atom is -0.497 e. The molecule has 0 atom stereocenters. The molecule has 0 saturated heterocycles. The van der Waals surface area contributed by atoms with E-state index >= 15 is 0 Å². The molecular weight excluding hydrogens is 281 g/mol. The Bertz CT molecular complexity index is 665. The second-order valence-electron chi connectivity index (χ2n) is 5.52. The van der Waals surface area contributed by atoms with Gasteiger partial charge in [-0.25, -0.2) is 4.39 Å². The van der Waals surface area contributed by atoms with E-state index in [0.717, 1.165) is 18.4 Å². The fraction of sp³-hybridized carbons (Fsp3) is 0.278. The molecule has 3 nitrogen and oxygen atoms in total. The van der Waals surface area contributed by atoms with Gasteiger partial charge in [0.05, 0.1) is 7.11 Å². The standard InChI is InChI=1S/C18H18FNO2/c1-22-17-4-2-3-14(11-17)18(21)20(16-9-10-16)12-13-5-7-15(19)8-6-13/h2-8,11,16H,9-10,12H2,1H3. The number of carbonyl (C=O) groups excluding carboxylic acids is 1. The lowest BCUT2D eigenvalue weighted by Crippen LogP contribution is -2.32. The van der Waals surface area contributed by atoms with E-state index in [1.54, 1.807) is 31.4 Å². The Labute approximate surface area is 129 Å². The van der Waals surface area contributed by atoms with Gasteiger partial charge in [-0.1, -0.05) is 18.2 Å². The highest BCUT2D eigenvalue weighted by Crippen LogP contribution is 2.30. The number of carbonyl (C=O) groups is 1. The van der Waals surface area contributed by atoms with E-state index in [0.29, 0.717) is 17.9 Å². The van der Waals surface area contributed by atoms with E-state index in [1.165, 1.54) is 12.1 Å². The summed E-state index contributed by atoms with van der Waals surface area (Å²) in [5.41, 5.74) is 1.55. The van der Waals surface area contributed by atoms with Crippen LogP contribution in [0.2, 0.25) is 0 Å². The highest BCUT2D eigenvalue weighted by molar-refractivity contribution is 5.95. The Morgan fingerprint density at radius 3 is 2.59 bits per heavy atom. The van der Waals surface area contributed by atoms with Gasteiger partial charge in [0.15, 0.2) is 0 Å².